The Balaban J connectivity index is 2.20. The third-order valence-electron chi connectivity index (χ3n) is 2.82. The maximum absolute atomic E-state index is 5.48. The molecule has 1 heterocycles. The Morgan fingerprint density at radius 2 is 2.22 bits per heavy atom. The van der Waals surface area contributed by atoms with Crippen LogP contribution in [0, 0.1) is 6.92 Å². The number of methoxy groups -OCH3 is 1. The predicted octanol–water partition coefficient (Wildman–Crippen LogP) is 1.48. The van der Waals surface area contributed by atoms with Crippen LogP contribution in [0.15, 0.2) is 24.4 Å². The number of hydrogen-bond acceptors (Lipinski definition) is 4. The SMILES string of the molecule is COc1ccc(-n2cc(CCCN)nn2)cc1C. The highest BCUT2D eigenvalue weighted by Crippen LogP contribution is 2.20. The number of aromatic nitrogens is 3. The Hall–Kier alpha value is -1.88. The highest BCUT2D eigenvalue weighted by Gasteiger charge is 2.05. The van der Waals surface area contributed by atoms with E-state index in [0.717, 1.165) is 35.5 Å². The van der Waals surface area contributed by atoms with E-state index in [2.05, 4.69) is 10.3 Å². The monoisotopic (exact) mass is 246 g/mol. The van der Waals surface area contributed by atoms with E-state index in [4.69, 9.17) is 10.5 Å². The standard InChI is InChI=1S/C13H18N4O/c1-10-8-12(5-6-13(10)18-2)17-9-11(15-16-17)4-3-7-14/h5-6,8-9H,3-4,7,14H2,1-2H3. The first-order chi connectivity index (χ1) is 8.74. The lowest BCUT2D eigenvalue weighted by molar-refractivity contribution is 0.411. The average molecular weight is 246 g/mol. The van der Waals surface area contributed by atoms with Gasteiger partial charge in [0.1, 0.15) is 5.75 Å². The lowest BCUT2D eigenvalue weighted by Gasteiger charge is -2.06. The first-order valence-corrected chi connectivity index (χ1v) is 6.01. The van der Waals surface area contributed by atoms with Crippen molar-refractivity contribution in [2.24, 2.45) is 5.73 Å². The van der Waals surface area contributed by atoms with Gasteiger partial charge in [0.05, 0.1) is 24.7 Å². The van der Waals surface area contributed by atoms with Crippen molar-refractivity contribution in [3.8, 4) is 11.4 Å². The number of nitrogens with zero attached hydrogens (tertiary/aromatic N) is 3. The van der Waals surface area contributed by atoms with Crippen LogP contribution < -0.4 is 10.5 Å². The minimum atomic E-state index is 0.675. The Labute approximate surface area is 107 Å². The third kappa shape index (κ3) is 2.68. The first-order valence-electron chi connectivity index (χ1n) is 6.01. The second kappa shape index (κ2) is 5.64. The van der Waals surface area contributed by atoms with Gasteiger partial charge >= 0.3 is 0 Å². The summed E-state index contributed by atoms with van der Waals surface area (Å²) in [7, 11) is 1.67. The van der Waals surface area contributed by atoms with Gasteiger partial charge in [0.15, 0.2) is 0 Å². The second-order valence-corrected chi connectivity index (χ2v) is 4.20. The van der Waals surface area contributed by atoms with Gasteiger partial charge in [-0.3, -0.25) is 0 Å². The number of ether oxygens (including phenoxy) is 1. The number of aryl methyl sites for hydroxylation is 2. The van der Waals surface area contributed by atoms with Gasteiger partial charge in [-0.25, -0.2) is 4.68 Å². The zero-order valence-corrected chi connectivity index (χ0v) is 10.8. The summed E-state index contributed by atoms with van der Waals surface area (Å²) < 4.78 is 7.01. The van der Waals surface area contributed by atoms with Gasteiger partial charge in [0.2, 0.25) is 0 Å². The van der Waals surface area contributed by atoms with Gasteiger partial charge in [-0.2, -0.15) is 0 Å². The molecule has 0 atom stereocenters. The van der Waals surface area contributed by atoms with Gasteiger partial charge in [-0.05, 0) is 50.1 Å². The lowest BCUT2D eigenvalue weighted by Crippen LogP contribution is -2.00. The summed E-state index contributed by atoms with van der Waals surface area (Å²) in [4.78, 5) is 0. The van der Waals surface area contributed by atoms with Crippen molar-refractivity contribution in [2.75, 3.05) is 13.7 Å². The molecule has 0 aliphatic heterocycles. The predicted molar refractivity (Wildman–Crippen MR) is 70.0 cm³/mol. The molecule has 0 aliphatic rings. The normalized spacial score (nSPS) is 10.6. The van der Waals surface area contributed by atoms with Crippen molar-refractivity contribution in [1.82, 2.24) is 15.0 Å². The van der Waals surface area contributed by atoms with Gasteiger partial charge in [0.25, 0.3) is 0 Å². The zero-order chi connectivity index (χ0) is 13.0. The van der Waals surface area contributed by atoms with Crippen molar-refractivity contribution >= 4 is 0 Å². The van der Waals surface area contributed by atoms with Crippen LogP contribution >= 0.6 is 0 Å². The summed E-state index contributed by atoms with van der Waals surface area (Å²) in [6.45, 7) is 2.68. The van der Waals surface area contributed by atoms with Crippen LogP contribution in [-0.4, -0.2) is 28.6 Å². The molecular formula is C13H18N4O. The Kier molecular flexibility index (Phi) is 3.94. The van der Waals surface area contributed by atoms with Crippen LogP contribution in [0.25, 0.3) is 5.69 Å². The molecular weight excluding hydrogens is 228 g/mol. The Morgan fingerprint density at radius 1 is 1.39 bits per heavy atom. The van der Waals surface area contributed by atoms with Crippen LogP contribution in [0.4, 0.5) is 0 Å². The molecule has 0 aliphatic carbocycles. The molecule has 5 nitrogen and oxygen atoms in total. The van der Waals surface area contributed by atoms with Gasteiger partial charge in [-0.15, -0.1) is 5.10 Å². The van der Waals surface area contributed by atoms with E-state index in [1.165, 1.54) is 0 Å². The fourth-order valence-corrected chi connectivity index (χ4v) is 1.83. The first kappa shape index (κ1) is 12.6. The molecule has 2 aromatic rings. The smallest absolute Gasteiger partial charge is 0.121 e. The van der Waals surface area contributed by atoms with Crippen molar-refractivity contribution in [2.45, 2.75) is 19.8 Å². The van der Waals surface area contributed by atoms with Crippen molar-refractivity contribution in [3.05, 3.63) is 35.7 Å². The van der Waals surface area contributed by atoms with E-state index in [9.17, 15) is 0 Å². The molecule has 0 fully saturated rings. The lowest BCUT2D eigenvalue weighted by atomic mass is 10.2. The molecule has 1 aromatic carbocycles. The van der Waals surface area contributed by atoms with Crippen molar-refractivity contribution in [1.29, 1.82) is 0 Å². The second-order valence-electron chi connectivity index (χ2n) is 4.20. The summed E-state index contributed by atoms with van der Waals surface area (Å²) in [5.74, 6) is 0.877. The summed E-state index contributed by atoms with van der Waals surface area (Å²) in [5.41, 5.74) is 8.51. The highest BCUT2D eigenvalue weighted by atomic mass is 16.5. The van der Waals surface area contributed by atoms with Gasteiger partial charge < -0.3 is 10.5 Å². The maximum atomic E-state index is 5.48. The van der Waals surface area contributed by atoms with E-state index < -0.39 is 0 Å². The topological polar surface area (TPSA) is 66.0 Å². The molecule has 0 bridgehead atoms. The molecule has 1 aromatic heterocycles. The van der Waals surface area contributed by atoms with E-state index >= 15 is 0 Å². The van der Waals surface area contributed by atoms with E-state index in [1.54, 1.807) is 11.8 Å². The molecule has 0 saturated heterocycles. The maximum Gasteiger partial charge on any atom is 0.121 e. The Bertz CT molecular complexity index is 521. The number of hydrogen-bond donors (Lipinski definition) is 1. The summed E-state index contributed by atoms with van der Waals surface area (Å²) in [6.07, 6.45) is 3.74. The molecule has 18 heavy (non-hydrogen) atoms. The van der Waals surface area contributed by atoms with Gasteiger partial charge in [0, 0.05) is 0 Å². The van der Waals surface area contributed by atoms with Crippen LogP contribution in [0.5, 0.6) is 5.75 Å². The van der Waals surface area contributed by atoms with Crippen LogP contribution in [-0.2, 0) is 6.42 Å². The number of nitrogens with two attached hydrogens (primary N) is 1. The molecule has 0 saturated carbocycles. The largest absolute Gasteiger partial charge is 0.496 e. The molecule has 0 radical (unpaired) electrons. The van der Waals surface area contributed by atoms with Gasteiger partial charge in [-0.1, -0.05) is 5.21 Å². The minimum Gasteiger partial charge on any atom is -0.496 e. The molecule has 5 heteroatoms. The van der Waals surface area contributed by atoms with Crippen molar-refractivity contribution in [3.63, 3.8) is 0 Å². The number of benzene rings is 1. The molecule has 96 valence electrons. The number of rotatable bonds is 5. The summed E-state index contributed by atoms with van der Waals surface area (Å²) in [6, 6.07) is 5.93. The average Bonchev–Trinajstić information content (AvgIpc) is 2.85. The zero-order valence-electron chi connectivity index (χ0n) is 10.8. The molecule has 2 rings (SSSR count). The fourth-order valence-electron chi connectivity index (χ4n) is 1.83. The van der Waals surface area contributed by atoms with Crippen LogP contribution in [0.3, 0.4) is 0 Å². The molecule has 2 N–H and O–H groups in total. The summed E-state index contributed by atoms with van der Waals surface area (Å²) in [5, 5.41) is 8.25. The summed E-state index contributed by atoms with van der Waals surface area (Å²) >= 11 is 0. The van der Waals surface area contributed by atoms with Crippen LogP contribution in [0.2, 0.25) is 0 Å². The Morgan fingerprint density at radius 3 is 2.89 bits per heavy atom. The van der Waals surface area contributed by atoms with E-state index in [-0.39, 0.29) is 0 Å². The minimum absolute atomic E-state index is 0.675. The van der Waals surface area contributed by atoms with Crippen LogP contribution in [0.1, 0.15) is 17.7 Å². The molecule has 0 spiro atoms. The quantitative estimate of drug-likeness (QED) is 0.867. The highest BCUT2D eigenvalue weighted by molar-refractivity contribution is 5.43. The van der Waals surface area contributed by atoms with Crippen molar-refractivity contribution < 1.29 is 4.74 Å². The fraction of sp³-hybridized carbons (Fsp3) is 0.385. The molecule has 0 amide bonds. The van der Waals surface area contributed by atoms with E-state index in [0.29, 0.717) is 6.54 Å². The molecule has 0 unspecified atom stereocenters. The third-order valence-corrected chi connectivity index (χ3v) is 2.82. The van der Waals surface area contributed by atoms with E-state index in [1.807, 2.05) is 31.3 Å².